The summed E-state index contributed by atoms with van der Waals surface area (Å²) in [6.07, 6.45) is 0.365. The molecule has 1 aliphatic rings. The van der Waals surface area contributed by atoms with E-state index in [0.29, 0.717) is 13.0 Å². The fourth-order valence-electron chi connectivity index (χ4n) is 2.40. The lowest BCUT2D eigenvalue weighted by Crippen LogP contribution is -2.43. The minimum atomic E-state index is -1.15. The average Bonchev–Trinajstić information content (AvgIpc) is 2.80. The van der Waals surface area contributed by atoms with Gasteiger partial charge in [0.15, 0.2) is 0 Å². The number of rotatable bonds is 5. The first-order chi connectivity index (χ1) is 10.3. The van der Waals surface area contributed by atoms with Crippen LogP contribution in [0.3, 0.4) is 0 Å². The van der Waals surface area contributed by atoms with Crippen LogP contribution in [-0.4, -0.2) is 35.5 Å². The van der Waals surface area contributed by atoms with E-state index in [0.717, 1.165) is 5.69 Å². The molecule has 1 aromatic rings. The summed E-state index contributed by atoms with van der Waals surface area (Å²) in [6.45, 7) is 3.51. The first-order valence-electron chi connectivity index (χ1n) is 7.20. The van der Waals surface area contributed by atoms with E-state index in [1.807, 2.05) is 30.3 Å². The predicted octanol–water partition coefficient (Wildman–Crippen LogP) is 1.41. The Kier molecular flexibility index (Phi) is 4.49. The van der Waals surface area contributed by atoms with Crippen molar-refractivity contribution in [3.63, 3.8) is 0 Å². The van der Waals surface area contributed by atoms with Crippen LogP contribution >= 0.6 is 0 Å². The molecule has 0 aliphatic carbocycles. The van der Waals surface area contributed by atoms with Crippen LogP contribution in [0.5, 0.6) is 0 Å². The van der Waals surface area contributed by atoms with Gasteiger partial charge in [0, 0.05) is 18.7 Å². The smallest absolute Gasteiger partial charge is 0.309 e. The Balaban J connectivity index is 1.97. The molecule has 0 bridgehead atoms. The van der Waals surface area contributed by atoms with Gasteiger partial charge in [0.25, 0.3) is 0 Å². The monoisotopic (exact) mass is 304 g/mol. The van der Waals surface area contributed by atoms with E-state index in [9.17, 15) is 14.4 Å². The van der Waals surface area contributed by atoms with Crippen LogP contribution in [0.25, 0.3) is 0 Å². The largest absolute Gasteiger partial charge is 0.481 e. The number of hydrogen-bond acceptors (Lipinski definition) is 3. The number of para-hydroxylation sites is 1. The molecule has 2 rings (SSSR count). The third kappa shape index (κ3) is 3.44. The topological polar surface area (TPSA) is 86.7 Å². The van der Waals surface area contributed by atoms with E-state index in [-0.39, 0.29) is 12.3 Å². The van der Waals surface area contributed by atoms with Gasteiger partial charge in [-0.2, -0.15) is 0 Å². The highest BCUT2D eigenvalue weighted by atomic mass is 16.4. The van der Waals surface area contributed by atoms with Crippen LogP contribution in [-0.2, 0) is 14.4 Å². The molecule has 0 spiro atoms. The molecular formula is C16H20N2O4. The Morgan fingerprint density at radius 3 is 2.55 bits per heavy atom. The van der Waals surface area contributed by atoms with Gasteiger partial charge >= 0.3 is 5.97 Å². The molecule has 2 N–H and O–H groups in total. The van der Waals surface area contributed by atoms with Crippen LogP contribution in [0.1, 0.15) is 26.7 Å². The van der Waals surface area contributed by atoms with Gasteiger partial charge in [-0.1, -0.05) is 18.2 Å². The molecule has 118 valence electrons. The Bertz CT molecular complexity index is 583. The fourth-order valence-corrected chi connectivity index (χ4v) is 2.40. The summed E-state index contributed by atoms with van der Waals surface area (Å²) in [5.41, 5.74) is -0.347. The summed E-state index contributed by atoms with van der Waals surface area (Å²) in [5.74, 6) is -1.61. The molecule has 1 aliphatic heterocycles. The van der Waals surface area contributed by atoms with Gasteiger partial charge in [-0.15, -0.1) is 0 Å². The lowest BCUT2D eigenvalue weighted by atomic mass is 9.89. The lowest BCUT2D eigenvalue weighted by molar-refractivity contribution is -0.149. The molecule has 0 aromatic heterocycles. The van der Waals surface area contributed by atoms with Gasteiger partial charge < -0.3 is 15.3 Å². The number of carbonyl (C=O) groups excluding carboxylic acids is 2. The minimum Gasteiger partial charge on any atom is -0.481 e. The van der Waals surface area contributed by atoms with Crippen LogP contribution in [0.15, 0.2) is 30.3 Å². The maximum absolute atomic E-state index is 12.3. The molecule has 1 saturated heterocycles. The predicted molar refractivity (Wildman–Crippen MR) is 81.4 cm³/mol. The Hall–Kier alpha value is -2.37. The van der Waals surface area contributed by atoms with Crippen molar-refractivity contribution in [3.05, 3.63) is 30.3 Å². The maximum Gasteiger partial charge on any atom is 0.309 e. The number of anilines is 1. The van der Waals surface area contributed by atoms with Gasteiger partial charge in [-0.25, -0.2) is 0 Å². The van der Waals surface area contributed by atoms with E-state index < -0.39 is 23.3 Å². The second-order valence-corrected chi connectivity index (χ2v) is 6.10. The van der Waals surface area contributed by atoms with E-state index >= 15 is 0 Å². The first kappa shape index (κ1) is 16.0. The molecule has 0 radical (unpaired) electrons. The summed E-state index contributed by atoms with van der Waals surface area (Å²) in [5, 5.41) is 11.7. The summed E-state index contributed by atoms with van der Waals surface area (Å²) in [6, 6.07) is 8.67. The molecule has 22 heavy (non-hydrogen) atoms. The Labute approximate surface area is 129 Å². The second-order valence-electron chi connectivity index (χ2n) is 6.10. The van der Waals surface area contributed by atoms with Crippen LogP contribution in [0.2, 0.25) is 0 Å². The standard InChI is InChI=1S/C16H20N2O4/c1-16(2,15(21)22)10-13(19)17-12-8-9-18(14(12)20)11-6-4-3-5-7-11/h3-7,12H,8-10H2,1-2H3,(H,17,19)(H,21,22). The van der Waals surface area contributed by atoms with Crippen molar-refractivity contribution in [3.8, 4) is 0 Å². The number of carboxylic acid groups (broad SMARTS) is 1. The second kappa shape index (κ2) is 6.17. The first-order valence-corrected chi connectivity index (χ1v) is 7.20. The zero-order chi connectivity index (χ0) is 16.3. The Morgan fingerprint density at radius 2 is 1.95 bits per heavy atom. The molecule has 6 heteroatoms. The van der Waals surface area contributed by atoms with E-state index in [1.54, 1.807) is 4.90 Å². The van der Waals surface area contributed by atoms with Gasteiger partial charge in [0.05, 0.1) is 5.41 Å². The third-order valence-electron chi connectivity index (χ3n) is 3.79. The van der Waals surface area contributed by atoms with Crippen LogP contribution < -0.4 is 10.2 Å². The van der Waals surface area contributed by atoms with Gasteiger partial charge in [-0.3, -0.25) is 14.4 Å². The third-order valence-corrected chi connectivity index (χ3v) is 3.79. The maximum atomic E-state index is 12.3. The normalized spacial score (nSPS) is 18.4. The molecule has 1 heterocycles. The van der Waals surface area contributed by atoms with Crippen LogP contribution in [0, 0.1) is 5.41 Å². The van der Waals surface area contributed by atoms with Crippen molar-refractivity contribution in [2.45, 2.75) is 32.7 Å². The summed E-state index contributed by atoms with van der Waals surface area (Å²) in [4.78, 5) is 37.0. The number of nitrogens with one attached hydrogen (secondary N) is 1. The summed E-state index contributed by atoms with van der Waals surface area (Å²) < 4.78 is 0. The number of carbonyl (C=O) groups is 3. The number of amides is 2. The number of benzene rings is 1. The zero-order valence-corrected chi connectivity index (χ0v) is 12.7. The molecule has 1 aromatic carbocycles. The van der Waals surface area contributed by atoms with Crippen molar-refractivity contribution in [2.24, 2.45) is 5.41 Å². The van der Waals surface area contributed by atoms with Crippen molar-refractivity contribution in [1.29, 1.82) is 0 Å². The van der Waals surface area contributed by atoms with E-state index in [2.05, 4.69) is 5.32 Å². The number of hydrogen-bond donors (Lipinski definition) is 2. The Morgan fingerprint density at radius 1 is 1.32 bits per heavy atom. The highest BCUT2D eigenvalue weighted by molar-refractivity contribution is 6.01. The SMILES string of the molecule is CC(C)(CC(=O)NC1CCN(c2ccccc2)C1=O)C(=O)O. The van der Waals surface area contributed by atoms with Crippen molar-refractivity contribution in [2.75, 3.05) is 11.4 Å². The summed E-state index contributed by atoms with van der Waals surface area (Å²) in [7, 11) is 0. The summed E-state index contributed by atoms with van der Waals surface area (Å²) >= 11 is 0. The number of nitrogens with zero attached hydrogens (tertiary/aromatic N) is 1. The van der Waals surface area contributed by atoms with Crippen molar-refractivity contribution >= 4 is 23.5 Å². The lowest BCUT2D eigenvalue weighted by Gasteiger charge is -2.20. The van der Waals surface area contributed by atoms with E-state index in [4.69, 9.17) is 5.11 Å². The quantitative estimate of drug-likeness (QED) is 0.861. The molecule has 1 fully saturated rings. The molecule has 6 nitrogen and oxygen atoms in total. The average molecular weight is 304 g/mol. The minimum absolute atomic E-state index is 0.155. The zero-order valence-electron chi connectivity index (χ0n) is 12.7. The molecule has 0 saturated carbocycles. The molecule has 1 atom stereocenters. The van der Waals surface area contributed by atoms with Gasteiger partial charge in [0.2, 0.25) is 11.8 Å². The van der Waals surface area contributed by atoms with Crippen molar-refractivity contribution < 1.29 is 19.5 Å². The number of carboxylic acids is 1. The van der Waals surface area contributed by atoms with E-state index in [1.165, 1.54) is 13.8 Å². The van der Waals surface area contributed by atoms with Gasteiger partial charge in [-0.05, 0) is 32.4 Å². The highest BCUT2D eigenvalue weighted by Gasteiger charge is 2.36. The highest BCUT2D eigenvalue weighted by Crippen LogP contribution is 2.23. The van der Waals surface area contributed by atoms with Crippen molar-refractivity contribution in [1.82, 2.24) is 5.32 Å². The fraction of sp³-hybridized carbons (Fsp3) is 0.438. The van der Waals surface area contributed by atoms with Crippen LogP contribution in [0.4, 0.5) is 5.69 Å². The molecule has 2 amide bonds. The molecule has 1 unspecified atom stereocenters. The van der Waals surface area contributed by atoms with Gasteiger partial charge in [0.1, 0.15) is 6.04 Å². The number of aliphatic carboxylic acids is 1. The molecular weight excluding hydrogens is 284 g/mol.